The average molecular weight is 1060 g/mol. The lowest BCUT2D eigenvalue weighted by Crippen LogP contribution is -2.58. The second-order valence-electron chi connectivity index (χ2n) is 18.1. The van der Waals surface area contributed by atoms with Crippen molar-refractivity contribution < 1.29 is 96.9 Å². The minimum atomic E-state index is -5.80. The Morgan fingerprint density at radius 1 is 0.831 bits per heavy atom. The summed E-state index contributed by atoms with van der Waals surface area (Å²) in [5.41, 5.74) is 0. The number of phosphoric acid groups is 2. The van der Waals surface area contributed by atoms with E-state index in [1.807, 2.05) is 6.92 Å². The molecule has 71 heavy (non-hydrogen) atoms. The van der Waals surface area contributed by atoms with Crippen LogP contribution in [0.4, 0.5) is 0 Å². The number of fused-ring (bicyclic) bond motifs is 4. The lowest BCUT2D eigenvalue weighted by Gasteiger charge is -2.41. The quantitative estimate of drug-likeness (QED) is 0.0231. The molecule has 2 aliphatic rings. The molecule has 0 amide bonds. The standard InChI is InChI=1S/C49H84O20P2/c1-3-5-7-8-9-10-11-12-13-14-15-16-17-18-19-20-26-30-42(53)66-37-34-64-41(52)29-25-22-21-24-28-38-39(51)33-43(54)67-40(32-31-36(50)27-23-6-4-2)45(56)48(68-70(59,60)61)49(47(58)46(57)44(38)55)69-71(62,63)65-35-37/h9-10,12-13,15-16,21,24,31-32,36-40,43-51,54-58H,3-8,11,14,17-20,22-23,25-30,33-35H2,1-2H3,(H,62,63)(H2,59,60,61)/b10-9-,13-12-,16-15-,24-21?,32-31?/t36-,37+,38-,39-,40+,43?,44+,45+,46-,47+,48+,49-/m0/s1. The van der Waals surface area contributed by atoms with Gasteiger partial charge in [0.05, 0.1) is 24.9 Å². The zero-order valence-corrected chi connectivity index (χ0v) is 43.2. The third-order valence-corrected chi connectivity index (χ3v) is 13.4. The predicted octanol–water partition coefficient (Wildman–Crippen LogP) is 5.95. The number of hydrogen-bond acceptors (Lipinski definition) is 17. The summed E-state index contributed by atoms with van der Waals surface area (Å²) in [5, 5.41) is 79.1. The van der Waals surface area contributed by atoms with E-state index in [0.29, 0.717) is 19.3 Å². The Morgan fingerprint density at radius 3 is 2.13 bits per heavy atom. The maximum atomic E-state index is 13.8. The number of rotatable bonds is 24. The van der Waals surface area contributed by atoms with E-state index in [-0.39, 0.29) is 38.5 Å². The zero-order valence-electron chi connectivity index (χ0n) is 41.4. The fourth-order valence-corrected chi connectivity index (χ4v) is 9.37. The highest BCUT2D eigenvalue weighted by Gasteiger charge is 2.50. The van der Waals surface area contributed by atoms with Gasteiger partial charge in [0, 0.05) is 25.2 Å². The van der Waals surface area contributed by atoms with Gasteiger partial charge >= 0.3 is 27.6 Å². The smallest absolute Gasteiger partial charge is 0.462 e. The number of carbonyl (C=O) groups is 2. The van der Waals surface area contributed by atoms with Gasteiger partial charge in [0.15, 0.2) is 12.4 Å². The average Bonchev–Trinajstić information content (AvgIpc) is 3.31. The molecule has 410 valence electrons. The summed E-state index contributed by atoms with van der Waals surface area (Å²) in [6.45, 7) is 2.48. The summed E-state index contributed by atoms with van der Waals surface area (Å²) < 4.78 is 57.8. The SMILES string of the molecule is CCCCC/C=C\C/C=C\C/C=C\CCCCCCC(=O)O[C@@H]1COC(=O)CCCC=CC[C@@H]2[C@@H](O)[C@H](O)[C@@H](O)[C@H](OP(=O)(O)OC1)[C@H](OP(=O)(O)O)[C@H](O)[C@@H](C=C[C@@H](O)CCCCC)OC(O)C[C@@H]2O. The van der Waals surface area contributed by atoms with Crippen molar-refractivity contribution in [1.29, 1.82) is 0 Å². The van der Waals surface area contributed by atoms with Crippen molar-refractivity contribution >= 4 is 27.6 Å². The van der Waals surface area contributed by atoms with Crippen LogP contribution >= 0.6 is 15.6 Å². The van der Waals surface area contributed by atoms with Crippen molar-refractivity contribution in [3.63, 3.8) is 0 Å². The lowest BCUT2D eigenvalue weighted by atomic mass is 9.83. The molecule has 22 heteroatoms. The van der Waals surface area contributed by atoms with Gasteiger partial charge in [-0.3, -0.25) is 23.2 Å². The first-order valence-corrected chi connectivity index (χ1v) is 28.3. The summed E-state index contributed by atoms with van der Waals surface area (Å²) in [4.78, 5) is 56.9. The van der Waals surface area contributed by atoms with Crippen LogP contribution in [0.15, 0.2) is 60.8 Å². The van der Waals surface area contributed by atoms with E-state index in [2.05, 4.69) is 43.4 Å². The number of cyclic esters (lactones) is 1. The molecule has 0 radical (unpaired) electrons. The van der Waals surface area contributed by atoms with Gasteiger partial charge in [0.1, 0.15) is 43.2 Å². The highest BCUT2D eigenvalue weighted by atomic mass is 31.2. The van der Waals surface area contributed by atoms with Gasteiger partial charge in [-0.15, -0.1) is 0 Å². The Balaban J connectivity index is 2.33. The van der Waals surface area contributed by atoms with Crippen molar-refractivity contribution in [2.24, 2.45) is 5.92 Å². The van der Waals surface area contributed by atoms with E-state index in [1.54, 1.807) is 6.08 Å². The number of aliphatic hydroxyl groups is 7. The minimum absolute atomic E-state index is 0.0661. The molecule has 2 bridgehead atoms. The van der Waals surface area contributed by atoms with E-state index >= 15 is 0 Å². The molecule has 2 unspecified atom stereocenters. The molecule has 0 aromatic rings. The number of hydrogen-bond donors (Lipinski definition) is 10. The van der Waals surface area contributed by atoms with Crippen LogP contribution in [0.1, 0.15) is 149 Å². The number of esters is 2. The van der Waals surface area contributed by atoms with Crippen LogP contribution in [-0.2, 0) is 46.5 Å². The van der Waals surface area contributed by atoms with Crippen molar-refractivity contribution in [3.05, 3.63) is 60.8 Å². The number of phosphoric ester groups is 2. The largest absolute Gasteiger partial charge is 0.472 e. The van der Waals surface area contributed by atoms with Gasteiger partial charge in [-0.05, 0) is 70.6 Å². The van der Waals surface area contributed by atoms with Crippen LogP contribution in [0.3, 0.4) is 0 Å². The first kappa shape index (κ1) is 64.7. The first-order chi connectivity index (χ1) is 33.8. The van der Waals surface area contributed by atoms with Gasteiger partial charge in [-0.2, -0.15) is 0 Å². The number of aliphatic hydroxyl groups excluding tert-OH is 7. The van der Waals surface area contributed by atoms with Crippen LogP contribution in [0.2, 0.25) is 0 Å². The second kappa shape index (κ2) is 36.5. The van der Waals surface area contributed by atoms with Crippen LogP contribution in [0, 0.1) is 5.92 Å². The Bertz CT molecular complexity index is 1720. The fraction of sp³-hybridized carbons (Fsp3) is 0.755. The van der Waals surface area contributed by atoms with E-state index in [4.69, 9.17) is 27.8 Å². The summed E-state index contributed by atoms with van der Waals surface area (Å²) >= 11 is 0. The number of allylic oxidation sites excluding steroid dienone is 8. The third kappa shape index (κ3) is 28.7. The van der Waals surface area contributed by atoms with E-state index in [9.17, 15) is 69.1 Å². The molecule has 0 aliphatic carbocycles. The molecule has 0 aromatic heterocycles. The molecule has 0 saturated carbocycles. The van der Waals surface area contributed by atoms with Crippen molar-refractivity contribution in [2.45, 2.75) is 216 Å². The summed E-state index contributed by atoms with van der Waals surface area (Å²) in [5.74, 6) is -2.91. The molecule has 2 rings (SSSR count). The van der Waals surface area contributed by atoms with Gasteiger partial charge in [-0.25, -0.2) is 9.13 Å². The van der Waals surface area contributed by atoms with Crippen molar-refractivity contribution in [1.82, 2.24) is 0 Å². The van der Waals surface area contributed by atoms with Gasteiger partial charge in [0.25, 0.3) is 0 Å². The monoisotopic (exact) mass is 1050 g/mol. The lowest BCUT2D eigenvalue weighted by molar-refractivity contribution is -0.210. The Hall–Kier alpha value is -2.46. The third-order valence-electron chi connectivity index (χ3n) is 11.9. The van der Waals surface area contributed by atoms with Gasteiger partial charge in [-0.1, -0.05) is 120 Å². The molecule has 0 spiro atoms. The van der Waals surface area contributed by atoms with Crippen LogP contribution in [-0.4, -0.2) is 143 Å². The zero-order chi connectivity index (χ0) is 52.7. The fourth-order valence-electron chi connectivity index (χ4n) is 7.84. The van der Waals surface area contributed by atoms with Crippen molar-refractivity contribution in [2.75, 3.05) is 13.2 Å². The Kier molecular flexibility index (Phi) is 33.2. The molecule has 0 aromatic carbocycles. The Labute approximate surface area is 419 Å². The van der Waals surface area contributed by atoms with E-state index in [0.717, 1.165) is 63.5 Å². The minimum Gasteiger partial charge on any atom is -0.462 e. The molecule has 1 saturated heterocycles. The summed E-state index contributed by atoms with van der Waals surface area (Å²) in [6, 6.07) is 0. The van der Waals surface area contributed by atoms with Crippen LogP contribution in [0.5, 0.6) is 0 Å². The van der Waals surface area contributed by atoms with Crippen LogP contribution in [0.25, 0.3) is 0 Å². The molecule has 2 aliphatic heterocycles. The molecule has 13 atom stereocenters. The predicted molar refractivity (Wildman–Crippen MR) is 263 cm³/mol. The first-order valence-electron chi connectivity index (χ1n) is 25.2. The van der Waals surface area contributed by atoms with Crippen LogP contribution < -0.4 is 0 Å². The maximum absolute atomic E-state index is 13.8. The number of carbonyl (C=O) groups excluding carboxylic acids is 2. The molecule has 10 N–H and O–H groups in total. The number of unbranched alkanes of at least 4 members (excludes halogenated alkanes) is 9. The Morgan fingerprint density at radius 2 is 1.46 bits per heavy atom. The highest BCUT2D eigenvalue weighted by molar-refractivity contribution is 7.47. The second-order valence-corrected chi connectivity index (χ2v) is 20.7. The summed E-state index contributed by atoms with van der Waals surface area (Å²) in [7, 11) is -11.5. The van der Waals surface area contributed by atoms with E-state index < -0.39 is 120 Å². The molecule has 2 heterocycles. The van der Waals surface area contributed by atoms with Crippen molar-refractivity contribution in [3.8, 4) is 0 Å². The number of ether oxygens (including phenoxy) is 3. The normalized spacial score (nSPS) is 31.1. The highest BCUT2D eigenvalue weighted by Crippen LogP contribution is 2.49. The summed E-state index contributed by atoms with van der Waals surface area (Å²) in [6.07, 6.45) is 6.61. The van der Waals surface area contributed by atoms with Gasteiger partial charge < -0.3 is 64.6 Å². The molecular weight excluding hydrogens is 970 g/mol. The van der Waals surface area contributed by atoms with E-state index in [1.165, 1.54) is 25.3 Å². The maximum Gasteiger partial charge on any atom is 0.472 e. The van der Waals surface area contributed by atoms with Gasteiger partial charge in [0.2, 0.25) is 0 Å². The topological polar surface area (TPSA) is 326 Å². The molecule has 1 fully saturated rings. The molecule has 20 nitrogen and oxygen atoms in total. The molecular formula is C49H84O20P2.